The second kappa shape index (κ2) is 7.08. The van der Waals surface area contributed by atoms with Crippen LogP contribution >= 0.6 is 15.9 Å². The molecule has 1 aromatic carbocycles. The Kier molecular flexibility index (Phi) is 5.16. The maximum Gasteiger partial charge on any atom is 0.313 e. The molecule has 0 atom stereocenters. The third-order valence-corrected chi connectivity index (χ3v) is 3.17. The summed E-state index contributed by atoms with van der Waals surface area (Å²) < 4.78 is 5.42. The van der Waals surface area contributed by atoms with Gasteiger partial charge in [0.15, 0.2) is 5.78 Å². The monoisotopic (exact) mass is 348 g/mol. The Morgan fingerprint density at radius 3 is 2.38 bits per heavy atom. The van der Waals surface area contributed by atoms with Gasteiger partial charge in [0.2, 0.25) is 0 Å². The van der Waals surface area contributed by atoms with Gasteiger partial charge in [0.25, 0.3) is 0 Å². The first-order valence-corrected chi connectivity index (χ1v) is 7.18. The van der Waals surface area contributed by atoms with E-state index in [4.69, 9.17) is 4.74 Å². The van der Waals surface area contributed by atoms with Gasteiger partial charge in [-0.05, 0) is 35.0 Å². The fraction of sp³-hybridized carbons (Fsp3) is 0.200. The molecule has 5 nitrogen and oxygen atoms in total. The van der Waals surface area contributed by atoms with Gasteiger partial charge < -0.3 is 4.74 Å². The molecule has 0 saturated heterocycles. The Balaban J connectivity index is 2.10. The zero-order valence-corrected chi connectivity index (χ0v) is 13.0. The van der Waals surface area contributed by atoms with E-state index in [9.17, 15) is 9.59 Å². The summed E-state index contributed by atoms with van der Waals surface area (Å²) in [5.41, 5.74) is 2.03. The fourth-order valence-corrected chi connectivity index (χ4v) is 1.95. The molecule has 0 amide bonds. The molecule has 0 bridgehead atoms. The summed E-state index contributed by atoms with van der Waals surface area (Å²) in [6, 6.07) is 10.5. The minimum absolute atomic E-state index is 0.245. The summed E-state index contributed by atoms with van der Waals surface area (Å²) in [6.45, 7) is 1.98. The van der Waals surface area contributed by atoms with E-state index >= 15 is 0 Å². The number of halogens is 1. The van der Waals surface area contributed by atoms with E-state index in [0.29, 0.717) is 15.9 Å². The SMILES string of the molecule is CCOC(=O)CC(=O)c1ccc(-c2ccc(Br)nn2)cc1. The molecule has 2 rings (SSSR count). The summed E-state index contributed by atoms with van der Waals surface area (Å²) in [6.07, 6.45) is -0.245. The average molecular weight is 349 g/mol. The van der Waals surface area contributed by atoms with Gasteiger partial charge in [-0.15, -0.1) is 10.2 Å². The van der Waals surface area contributed by atoms with E-state index < -0.39 is 5.97 Å². The number of hydrogen-bond acceptors (Lipinski definition) is 5. The molecule has 0 aliphatic heterocycles. The van der Waals surface area contributed by atoms with E-state index in [1.807, 2.05) is 6.07 Å². The Morgan fingerprint density at radius 2 is 1.81 bits per heavy atom. The van der Waals surface area contributed by atoms with Crippen molar-refractivity contribution in [3.05, 3.63) is 46.6 Å². The second-order valence-corrected chi connectivity index (χ2v) is 5.04. The van der Waals surface area contributed by atoms with E-state index in [-0.39, 0.29) is 18.8 Å². The van der Waals surface area contributed by atoms with Crippen molar-refractivity contribution in [3.63, 3.8) is 0 Å². The van der Waals surface area contributed by atoms with Crippen molar-refractivity contribution in [2.75, 3.05) is 6.61 Å². The smallest absolute Gasteiger partial charge is 0.313 e. The van der Waals surface area contributed by atoms with Crippen LogP contribution in [0.1, 0.15) is 23.7 Å². The predicted molar refractivity (Wildman–Crippen MR) is 80.7 cm³/mol. The van der Waals surface area contributed by atoms with Crippen molar-refractivity contribution >= 4 is 27.7 Å². The molecule has 108 valence electrons. The average Bonchev–Trinajstić information content (AvgIpc) is 2.48. The van der Waals surface area contributed by atoms with Crippen molar-refractivity contribution in [1.29, 1.82) is 0 Å². The summed E-state index contributed by atoms with van der Waals surface area (Å²) in [7, 11) is 0. The Bertz CT molecular complexity index is 639. The van der Waals surface area contributed by atoms with E-state index in [0.717, 1.165) is 5.56 Å². The van der Waals surface area contributed by atoms with Crippen LogP contribution in [0.15, 0.2) is 41.0 Å². The van der Waals surface area contributed by atoms with Crippen molar-refractivity contribution in [2.24, 2.45) is 0 Å². The molecule has 21 heavy (non-hydrogen) atoms. The molecule has 0 N–H and O–H groups in total. The van der Waals surface area contributed by atoms with Crippen molar-refractivity contribution in [1.82, 2.24) is 10.2 Å². The number of carbonyl (C=O) groups excluding carboxylic acids is 2. The first-order valence-electron chi connectivity index (χ1n) is 6.38. The van der Waals surface area contributed by atoms with Gasteiger partial charge in [0.1, 0.15) is 11.0 Å². The first-order chi connectivity index (χ1) is 10.1. The Morgan fingerprint density at radius 1 is 1.10 bits per heavy atom. The van der Waals surface area contributed by atoms with Crippen LogP contribution in [0.2, 0.25) is 0 Å². The lowest BCUT2D eigenvalue weighted by molar-refractivity contribution is -0.141. The normalized spacial score (nSPS) is 10.2. The molecule has 0 fully saturated rings. The third kappa shape index (κ3) is 4.19. The summed E-state index contributed by atoms with van der Waals surface area (Å²) in [5, 5.41) is 7.95. The molecule has 6 heteroatoms. The lowest BCUT2D eigenvalue weighted by Crippen LogP contribution is -2.11. The zero-order chi connectivity index (χ0) is 15.2. The zero-order valence-electron chi connectivity index (χ0n) is 11.4. The number of ether oxygens (including phenoxy) is 1. The third-order valence-electron chi connectivity index (χ3n) is 2.74. The molecule has 0 spiro atoms. The van der Waals surface area contributed by atoms with Gasteiger partial charge in [-0.3, -0.25) is 9.59 Å². The Hall–Kier alpha value is -2.08. The lowest BCUT2D eigenvalue weighted by Gasteiger charge is -2.03. The number of ketones is 1. The van der Waals surface area contributed by atoms with Crippen molar-refractivity contribution in [3.8, 4) is 11.3 Å². The summed E-state index contributed by atoms with van der Waals surface area (Å²) >= 11 is 3.22. The van der Waals surface area contributed by atoms with Crippen LogP contribution in [0, 0.1) is 0 Å². The van der Waals surface area contributed by atoms with E-state index in [1.54, 1.807) is 37.3 Å². The largest absolute Gasteiger partial charge is 0.466 e. The number of nitrogens with zero attached hydrogens (tertiary/aromatic N) is 2. The maximum atomic E-state index is 11.9. The Labute approximate surface area is 130 Å². The molecule has 1 aromatic heterocycles. The lowest BCUT2D eigenvalue weighted by atomic mass is 10.0. The minimum atomic E-state index is -0.509. The van der Waals surface area contributed by atoms with Gasteiger partial charge in [-0.25, -0.2) is 0 Å². The van der Waals surface area contributed by atoms with Crippen LogP contribution in [0.4, 0.5) is 0 Å². The maximum absolute atomic E-state index is 11.9. The highest BCUT2D eigenvalue weighted by molar-refractivity contribution is 9.10. The van der Waals surface area contributed by atoms with Crippen LogP contribution in [0.3, 0.4) is 0 Å². The molecule has 0 unspecified atom stereocenters. The predicted octanol–water partition coefficient (Wildman–Crippen LogP) is 3.04. The van der Waals surface area contributed by atoms with Crippen molar-refractivity contribution < 1.29 is 14.3 Å². The number of aromatic nitrogens is 2. The topological polar surface area (TPSA) is 69.2 Å². The molecular weight excluding hydrogens is 336 g/mol. The summed E-state index contributed by atoms with van der Waals surface area (Å²) in [5.74, 6) is -0.771. The van der Waals surface area contributed by atoms with E-state index in [2.05, 4.69) is 26.1 Å². The van der Waals surface area contributed by atoms with Crippen LogP contribution < -0.4 is 0 Å². The highest BCUT2D eigenvalue weighted by Gasteiger charge is 2.12. The summed E-state index contributed by atoms with van der Waals surface area (Å²) in [4.78, 5) is 23.2. The number of hydrogen-bond donors (Lipinski definition) is 0. The molecule has 0 aliphatic carbocycles. The van der Waals surface area contributed by atoms with Gasteiger partial charge in [-0.2, -0.15) is 0 Å². The molecule has 0 aliphatic rings. The minimum Gasteiger partial charge on any atom is -0.466 e. The quantitative estimate of drug-likeness (QED) is 0.471. The van der Waals surface area contributed by atoms with Gasteiger partial charge in [-0.1, -0.05) is 24.3 Å². The van der Waals surface area contributed by atoms with Gasteiger partial charge in [0, 0.05) is 11.1 Å². The van der Waals surface area contributed by atoms with E-state index in [1.165, 1.54) is 0 Å². The van der Waals surface area contributed by atoms with Gasteiger partial charge in [0.05, 0.1) is 12.3 Å². The number of benzene rings is 1. The molecule has 0 radical (unpaired) electrons. The van der Waals surface area contributed by atoms with Gasteiger partial charge >= 0.3 is 5.97 Å². The number of esters is 1. The first kappa shape index (κ1) is 15.3. The number of Topliss-reactive ketones (excluding diaryl/α,β-unsaturated/α-hetero) is 1. The number of rotatable bonds is 5. The molecule has 2 aromatic rings. The fourth-order valence-electron chi connectivity index (χ4n) is 1.74. The molecule has 1 heterocycles. The standard InChI is InChI=1S/C15H13BrN2O3/c1-2-21-15(20)9-13(19)11-5-3-10(4-6-11)12-7-8-14(16)18-17-12/h3-8H,2,9H2,1H3. The highest BCUT2D eigenvalue weighted by Crippen LogP contribution is 2.18. The van der Waals surface area contributed by atoms with Crippen LogP contribution in [-0.2, 0) is 9.53 Å². The van der Waals surface area contributed by atoms with Crippen LogP contribution in [0.5, 0.6) is 0 Å². The van der Waals surface area contributed by atoms with Crippen LogP contribution in [0.25, 0.3) is 11.3 Å². The number of carbonyl (C=O) groups is 2. The molecule has 0 saturated carbocycles. The van der Waals surface area contributed by atoms with Crippen LogP contribution in [-0.4, -0.2) is 28.6 Å². The highest BCUT2D eigenvalue weighted by atomic mass is 79.9. The van der Waals surface area contributed by atoms with Crippen molar-refractivity contribution in [2.45, 2.75) is 13.3 Å². The molecular formula is C15H13BrN2O3. The second-order valence-electron chi connectivity index (χ2n) is 4.22.